The molecule has 296 valence electrons. The van der Waals surface area contributed by atoms with E-state index in [1.807, 2.05) is 13.8 Å². The molecule has 4 amide bonds. The summed E-state index contributed by atoms with van der Waals surface area (Å²) in [5, 5.41) is 10.7. The summed E-state index contributed by atoms with van der Waals surface area (Å²) in [6, 6.07) is -0.520. The van der Waals surface area contributed by atoms with Gasteiger partial charge in [0.05, 0.1) is 29.0 Å². The van der Waals surface area contributed by atoms with E-state index in [9.17, 15) is 36.0 Å². The first kappa shape index (κ1) is 42.6. The summed E-state index contributed by atoms with van der Waals surface area (Å²) in [5.74, 6) is -2.68. The van der Waals surface area contributed by atoms with Gasteiger partial charge < -0.3 is 26.3 Å². The quantitative estimate of drug-likeness (QED) is 0.107. The minimum atomic E-state index is -4.26. The normalized spacial score (nSPS) is 19.0. The second kappa shape index (κ2) is 17.5. The van der Waals surface area contributed by atoms with Crippen molar-refractivity contribution in [1.82, 2.24) is 26.3 Å². The molecule has 1 aromatic heterocycles. The molecular formula is C37H46N6O10S2. The highest BCUT2D eigenvalue weighted by Crippen LogP contribution is 2.33. The number of carbonyl (C=O) groups excluding carboxylic acids is 4. The molecule has 1 unspecified atom stereocenters. The van der Waals surface area contributed by atoms with Crippen LogP contribution in [0.5, 0.6) is 0 Å². The first-order chi connectivity index (χ1) is 25.7. The minimum Gasteiger partial charge on any atom is -0.358 e. The largest absolute Gasteiger partial charge is 0.358 e. The summed E-state index contributed by atoms with van der Waals surface area (Å²) in [6.07, 6.45) is 7.31. The van der Waals surface area contributed by atoms with Crippen molar-refractivity contribution in [1.29, 1.82) is 0 Å². The number of aromatic nitrogens is 1. The van der Waals surface area contributed by atoms with E-state index >= 15 is 0 Å². The van der Waals surface area contributed by atoms with Crippen molar-refractivity contribution >= 4 is 55.7 Å². The topological polar surface area (TPSA) is 253 Å². The predicted molar refractivity (Wildman–Crippen MR) is 208 cm³/mol. The lowest BCUT2D eigenvalue weighted by Gasteiger charge is -2.15. The van der Waals surface area contributed by atoms with Gasteiger partial charge in [0.2, 0.25) is 11.8 Å². The maximum Gasteiger partial charge on any atom is 0.266 e. The Hall–Kier alpha value is -5.17. The van der Waals surface area contributed by atoms with Crippen LogP contribution in [0.1, 0.15) is 62.5 Å². The van der Waals surface area contributed by atoms with Crippen molar-refractivity contribution in [2.75, 3.05) is 24.6 Å². The lowest BCUT2D eigenvalue weighted by molar-refractivity contribution is -0.121. The van der Waals surface area contributed by atoms with Gasteiger partial charge in [-0.1, -0.05) is 25.3 Å². The molecule has 0 bridgehead atoms. The van der Waals surface area contributed by atoms with Gasteiger partial charge in [-0.05, 0) is 80.5 Å². The van der Waals surface area contributed by atoms with Crippen molar-refractivity contribution in [2.45, 2.75) is 65.8 Å². The molecule has 7 N–H and O–H groups in total. The third-order valence-corrected chi connectivity index (χ3v) is 11.1. The van der Waals surface area contributed by atoms with Crippen molar-refractivity contribution in [3.05, 3.63) is 98.7 Å². The molecule has 0 fully saturated rings. The van der Waals surface area contributed by atoms with Crippen LogP contribution in [0, 0.1) is 6.92 Å². The van der Waals surface area contributed by atoms with Crippen LogP contribution in [0.2, 0.25) is 0 Å². The van der Waals surface area contributed by atoms with Gasteiger partial charge in [0.15, 0.2) is 0 Å². The Morgan fingerprint density at radius 2 is 1.35 bits per heavy atom. The second-order valence-corrected chi connectivity index (χ2v) is 16.4. The first-order valence-electron chi connectivity index (χ1n) is 17.4. The molecule has 0 spiro atoms. The van der Waals surface area contributed by atoms with E-state index in [1.165, 1.54) is 6.08 Å². The van der Waals surface area contributed by atoms with E-state index in [-0.39, 0.29) is 57.0 Å². The number of carbonyl (C=O) groups is 4. The fourth-order valence-corrected chi connectivity index (χ4v) is 7.27. The van der Waals surface area contributed by atoms with Gasteiger partial charge in [-0.3, -0.25) is 33.3 Å². The monoisotopic (exact) mass is 798 g/mol. The molecule has 18 heteroatoms. The molecule has 55 heavy (non-hydrogen) atoms. The van der Waals surface area contributed by atoms with Crippen LogP contribution in [0.3, 0.4) is 0 Å². The standard InChI is InChI=1S/C37H46N6O10S2/c1-7-24-23(6)36(46)43-31(24)18-29-22(5)27(10-12-35(45)39-14-16-55(51,52)53)33(41-29)19-32-26(9-11-34(44)38-13-15-54(48,49)50)21(4)28(40-32)17-30-20(3)25(8-2)37(47)42-30/h7-8,17-18,33,40H,1-2,9-16,19H2,3-6H3,(H,38,44)(H,39,45)(H,42,47)(H,43,46)(H,48,49,50)(H,51,52,53). The Balaban J connectivity index is 1.71. The zero-order valence-electron chi connectivity index (χ0n) is 31.1. The van der Waals surface area contributed by atoms with Crippen LogP contribution in [0.15, 0.2) is 81.2 Å². The lowest BCUT2D eigenvalue weighted by atomic mass is 9.93. The van der Waals surface area contributed by atoms with Gasteiger partial charge in [-0.15, -0.1) is 0 Å². The smallest absolute Gasteiger partial charge is 0.266 e. The number of nitrogens with one attached hydrogen (secondary N) is 5. The molecule has 1 aromatic rings. The predicted octanol–water partition coefficient (Wildman–Crippen LogP) is 2.22. The minimum absolute atomic E-state index is 0.0175. The SMILES string of the molecule is C=CC1=C(C)C(=Cc2[nH]c(CC3N=C(C=C4NC(=O)C(C)=C4C=C)C(C)=C3CCC(=O)NCCS(=O)(=O)O)c(CCC(=O)NCCS(=O)(=O)O)c2C)NC1=O. The summed E-state index contributed by atoms with van der Waals surface area (Å²) in [4.78, 5) is 59.0. The first-order valence-corrected chi connectivity index (χ1v) is 20.6. The van der Waals surface area contributed by atoms with Gasteiger partial charge in [0, 0.05) is 66.2 Å². The van der Waals surface area contributed by atoms with Crippen LogP contribution >= 0.6 is 0 Å². The fraction of sp³-hybridized carbons (Fsp3) is 0.378. The summed E-state index contributed by atoms with van der Waals surface area (Å²) < 4.78 is 62.6. The van der Waals surface area contributed by atoms with Crippen molar-refractivity contribution in [2.24, 2.45) is 4.99 Å². The number of rotatable bonds is 18. The second-order valence-electron chi connectivity index (χ2n) is 13.3. The summed E-state index contributed by atoms with van der Waals surface area (Å²) in [7, 11) is -8.53. The molecule has 4 heterocycles. The van der Waals surface area contributed by atoms with E-state index in [2.05, 4.69) is 39.4 Å². The Kier molecular flexibility index (Phi) is 13.6. The number of aromatic amines is 1. The number of amides is 4. The van der Waals surface area contributed by atoms with Crippen molar-refractivity contribution < 1.29 is 45.1 Å². The summed E-state index contributed by atoms with van der Waals surface area (Å²) in [5.41, 5.74) is 8.43. The fourth-order valence-electron chi connectivity index (χ4n) is 6.55. The van der Waals surface area contributed by atoms with E-state index in [4.69, 9.17) is 14.1 Å². The Morgan fingerprint density at radius 1 is 0.782 bits per heavy atom. The van der Waals surface area contributed by atoms with Gasteiger partial charge in [-0.25, -0.2) is 0 Å². The Bertz CT molecular complexity index is 2250. The lowest BCUT2D eigenvalue weighted by Crippen LogP contribution is -2.29. The van der Waals surface area contributed by atoms with Crippen LogP contribution in [0.25, 0.3) is 6.08 Å². The van der Waals surface area contributed by atoms with Crippen LogP contribution in [-0.2, 0) is 52.3 Å². The summed E-state index contributed by atoms with van der Waals surface area (Å²) >= 11 is 0. The van der Waals surface area contributed by atoms with Crippen LogP contribution in [-0.4, -0.2) is 90.9 Å². The van der Waals surface area contributed by atoms with Crippen molar-refractivity contribution in [3.8, 4) is 0 Å². The maximum absolute atomic E-state index is 12.8. The van der Waals surface area contributed by atoms with Gasteiger partial charge in [-0.2, -0.15) is 16.8 Å². The van der Waals surface area contributed by atoms with E-state index < -0.39 is 49.6 Å². The summed E-state index contributed by atoms with van der Waals surface area (Å²) in [6.45, 7) is 14.2. The average Bonchev–Trinajstić information content (AvgIpc) is 3.73. The van der Waals surface area contributed by atoms with E-state index in [0.717, 1.165) is 22.3 Å². The third-order valence-electron chi connectivity index (χ3n) is 9.62. The van der Waals surface area contributed by atoms with Gasteiger partial charge in [0.1, 0.15) is 0 Å². The highest BCUT2D eigenvalue weighted by atomic mass is 32.2. The van der Waals surface area contributed by atoms with E-state index in [0.29, 0.717) is 50.8 Å². The zero-order chi connectivity index (χ0) is 40.8. The Morgan fingerprint density at radius 3 is 1.89 bits per heavy atom. The van der Waals surface area contributed by atoms with Crippen LogP contribution in [0.4, 0.5) is 0 Å². The molecule has 0 aromatic carbocycles. The number of aliphatic imine (C=N–C) groups is 1. The highest BCUT2D eigenvalue weighted by Gasteiger charge is 2.30. The molecule has 3 aliphatic heterocycles. The third kappa shape index (κ3) is 11.0. The molecule has 1 atom stereocenters. The number of hydrogen-bond donors (Lipinski definition) is 7. The molecule has 16 nitrogen and oxygen atoms in total. The number of nitrogens with zero attached hydrogens (tertiary/aromatic N) is 1. The van der Waals surface area contributed by atoms with Crippen molar-refractivity contribution in [3.63, 3.8) is 0 Å². The van der Waals surface area contributed by atoms with Gasteiger partial charge >= 0.3 is 0 Å². The number of allylic oxidation sites excluding steroid dienone is 4. The maximum atomic E-state index is 12.8. The molecule has 0 saturated heterocycles. The average molecular weight is 799 g/mol. The number of hydrogen-bond acceptors (Lipinski definition) is 9. The van der Waals surface area contributed by atoms with Gasteiger partial charge in [0.25, 0.3) is 32.1 Å². The molecule has 0 radical (unpaired) electrons. The van der Waals surface area contributed by atoms with Crippen LogP contribution < -0.4 is 21.3 Å². The molecule has 4 rings (SSSR count). The molecule has 0 aliphatic carbocycles. The molecular weight excluding hydrogens is 753 g/mol. The zero-order valence-corrected chi connectivity index (χ0v) is 32.7. The highest BCUT2D eigenvalue weighted by molar-refractivity contribution is 7.86. The molecule has 0 saturated carbocycles. The number of H-pyrrole nitrogens is 1. The van der Waals surface area contributed by atoms with E-state index in [1.54, 1.807) is 32.1 Å². The Labute approximate surface area is 320 Å². The molecule has 3 aliphatic rings.